The molecule has 12 heteroatoms. The highest BCUT2D eigenvalue weighted by atomic mass is 35.5. The smallest absolute Gasteiger partial charge is 0.434 e. The van der Waals surface area contributed by atoms with Crippen LogP contribution >= 0.6 is 23.2 Å². The molecule has 1 aliphatic heterocycles. The van der Waals surface area contributed by atoms with E-state index in [9.17, 15) is 22.8 Å². The van der Waals surface area contributed by atoms with Crippen molar-refractivity contribution in [3.63, 3.8) is 0 Å². The van der Waals surface area contributed by atoms with Crippen LogP contribution in [0.25, 0.3) is 0 Å². The SMILES string of the molecule is N#Cc1ccc(C(NC(=O)[C@@H]2CNC(=O)O2)c2cnc(C(F)(F)F)c(Cl)c2)cc1Cl. The molecule has 30 heavy (non-hydrogen) atoms. The Morgan fingerprint density at radius 3 is 2.53 bits per heavy atom. The normalized spacial score (nSPS) is 16.9. The number of nitriles is 1. The number of carbonyl (C=O) groups excluding carboxylic acids is 2. The van der Waals surface area contributed by atoms with Crippen LogP contribution in [0.4, 0.5) is 18.0 Å². The first-order valence-electron chi connectivity index (χ1n) is 8.27. The Hall–Kier alpha value is -3.03. The molecular weight excluding hydrogens is 448 g/mol. The highest BCUT2D eigenvalue weighted by molar-refractivity contribution is 6.32. The van der Waals surface area contributed by atoms with E-state index in [0.29, 0.717) is 5.56 Å². The van der Waals surface area contributed by atoms with Gasteiger partial charge in [-0.25, -0.2) is 9.78 Å². The summed E-state index contributed by atoms with van der Waals surface area (Å²) in [6, 6.07) is 6.12. The van der Waals surface area contributed by atoms with Gasteiger partial charge in [0.25, 0.3) is 5.91 Å². The van der Waals surface area contributed by atoms with E-state index in [0.717, 1.165) is 12.3 Å². The van der Waals surface area contributed by atoms with E-state index in [1.165, 1.54) is 18.2 Å². The molecule has 1 unspecified atom stereocenters. The number of hydrogen-bond acceptors (Lipinski definition) is 5. The summed E-state index contributed by atoms with van der Waals surface area (Å²) in [5.41, 5.74) is -0.630. The third-order valence-electron chi connectivity index (χ3n) is 4.17. The van der Waals surface area contributed by atoms with Gasteiger partial charge < -0.3 is 15.4 Å². The number of cyclic esters (lactones) is 1. The number of carbonyl (C=O) groups is 2. The fourth-order valence-corrected chi connectivity index (χ4v) is 3.26. The first-order chi connectivity index (χ1) is 14.1. The summed E-state index contributed by atoms with van der Waals surface area (Å²) in [6.45, 7) is -0.0719. The van der Waals surface area contributed by atoms with Crippen molar-refractivity contribution in [2.45, 2.75) is 18.3 Å². The van der Waals surface area contributed by atoms with Gasteiger partial charge in [-0.2, -0.15) is 18.4 Å². The van der Waals surface area contributed by atoms with Gasteiger partial charge in [-0.3, -0.25) is 4.79 Å². The topological polar surface area (TPSA) is 104 Å². The Morgan fingerprint density at radius 2 is 2.00 bits per heavy atom. The molecule has 1 fully saturated rings. The average molecular weight is 459 g/mol. The summed E-state index contributed by atoms with van der Waals surface area (Å²) in [6.07, 6.45) is -5.74. The van der Waals surface area contributed by atoms with Gasteiger partial charge in [-0.05, 0) is 29.3 Å². The molecule has 1 aromatic heterocycles. The zero-order valence-electron chi connectivity index (χ0n) is 14.8. The molecule has 2 N–H and O–H groups in total. The number of amides is 2. The van der Waals surface area contributed by atoms with Gasteiger partial charge in [-0.1, -0.05) is 29.3 Å². The number of alkyl halides is 3. The number of halogens is 5. The number of ether oxygens (including phenoxy) is 1. The van der Waals surface area contributed by atoms with Crippen LogP contribution in [0.2, 0.25) is 10.0 Å². The average Bonchev–Trinajstić information content (AvgIpc) is 3.11. The lowest BCUT2D eigenvalue weighted by atomic mass is 9.98. The first kappa shape index (κ1) is 21.7. The maximum absolute atomic E-state index is 13.0. The summed E-state index contributed by atoms with van der Waals surface area (Å²) in [7, 11) is 0. The number of nitrogens with zero attached hydrogens (tertiary/aromatic N) is 2. The zero-order chi connectivity index (χ0) is 22.1. The molecule has 2 heterocycles. The van der Waals surface area contributed by atoms with Gasteiger partial charge in [0.2, 0.25) is 0 Å². The Kier molecular flexibility index (Phi) is 6.05. The summed E-state index contributed by atoms with van der Waals surface area (Å²) in [5.74, 6) is -0.699. The molecule has 0 bridgehead atoms. The van der Waals surface area contributed by atoms with E-state index >= 15 is 0 Å². The fourth-order valence-electron chi connectivity index (χ4n) is 2.75. The van der Waals surface area contributed by atoms with E-state index in [2.05, 4.69) is 15.6 Å². The Labute approximate surface area is 177 Å². The third-order valence-corrected chi connectivity index (χ3v) is 4.77. The minimum atomic E-state index is -4.75. The second kappa shape index (κ2) is 8.38. The maximum atomic E-state index is 13.0. The van der Waals surface area contributed by atoms with E-state index in [4.69, 9.17) is 33.2 Å². The number of pyridine rings is 1. The number of alkyl carbamates (subject to hydrolysis) is 1. The van der Waals surface area contributed by atoms with Crippen molar-refractivity contribution in [2.75, 3.05) is 6.54 Å². The molecule has 1 aromatic carbocycles. The van der Waals surface area contributed by atoms with Crippen molar-refractivity contribution in [1.29, 1.82) is 5.26 Å². The zero-order valence-corrected chi connectivity index (χ0v) is 16.3. The fraction of sp³-hybridized carbons (Fsp3) is 0.222. The van der Waals surface area contributed by atoms with Crippen molar-refractivity contribution < 1.29 is 27.5 Å². The maximum Gasteiger partial charge on any atom is 0.434 e. The standard InChI is InChI=1S/C18H11Cl2F3N4O3/c19-11-3-8(1-2-9(11)5-24)14(27-16(28)13-7-26-17(29)30-13)10-4-12(20)15(25-6-10)18(21,22)23/h1-4,6,13-14H,7H2,(H,26,29)(H,27,28)/t13-,14?/m0/s1. The minimum Gasteiger partial charge on any atom is -0.434 e. The Bertz CT molecular complexity index is 1060. The molecule has 2 aromatic rings. The van der Waals surface area contributed by atoms with Crippen LogP contribution in [-0.2, 0) is 15.7 Å². The number of aromatic nitrogens is 1. The van der Waals surface area contributed by atoms with Gasteiger partial charge in [0.15, 0.2) is 11.8 Å². The van der Waals surface area contributed by atoms with Crippen molar-refractivity contribution in [1.82, 2.24) is 15.6 Å². The van der Waals surface area contributed by atoms with E-state index < -0.39 is 41.0 Å². The first-order valence-corrected chi connectivity index (χ1v) is 9.02. The van der Waals surface area contributed by atoms with Crippen molar-refractivity contribution in [3.8, 4) is 6.07 Å². The molecule has 7 nitrogen and oxygen atoms in total. The van der Waals surface area contributed by atoms with E-state index in [1.54, 1.807) is 0 Å². The molecule has 2 atom stereocenters. The van der Waals surface area contributed by atoms with Crippen LogP contribution in [0.15, 0.2) is 30.5 Å². The lowest BCUT2D eigenvalue weighted by molar-refractivity contribution is -0.141. The molecule has 1 saturated heterocycles. The Morgan fingerprint density at radius 1 is 1.30 bits per heavy atom. The monoisotopic (exact) mass is 458 g/mol. The molecule has 0 spiro atoms. The van der Waals surface area contributed by atoms with Gasteiger partial charge >= 0.3 is 12.3 Å². The molecule has 2 amide bonds. The van der Waals surface area contributed by atoms with Crippen molar-refractivity contribution >= 4 is 35.2 Å². The van der Waals surface area contributed by atoms with Crippen molar-refractivity contribution in [2.24, 2.45) is 0 Å². The van der Waals surface area contributed by atoms with Crippen LogP contribution in [0, 0.1) is 11.3 Å². The van der Waals surface area contributed by atoms with Crippen LogP contribution in [0.5, 0.6) is 0 Å². The summed E-state index contributed by atoms with van der Waals surface area (Å²) < 4.78 is 43.7. The van der Waals surface area contributed by atoms with E-state index in [1.807, 2.05) is 6.07 Å². The molecule has 1 aliphatic rings. The number of hydrogen-bond donors (Lipinski definition) is 2. The molecule has 0 aliphatic carbocycles. The number of benzene rings is 1. The predicted molar refractivity (Wildman–Crippen MR) is 98.7 cm³/mol. The Balaban J connectivity index is 2.00. The molecule has 156 valence electrons. The van der Waals surface area contributed by atoms with Gasteiger partial charge in [-0.15, -0.1) is 0 Å². The number of rotatable bonds is 4. The van der Waals surface area contributed by atoms with Crippen LogP contribution in [0.1, 0.15) is 28.4 Å². The number of nitrogens with one attached hydrogen (secondary N) is 2. The molecule has 0 radical (unpaired) electrons. The third kappa shape index (κ3) is 4.58. The quantitative estimate of drug-likeness (QED) is 0.728. The second-order valence-electron chi connectivity index (χ2n) is 6.16. The van der Waals surface area contributed by atoms with Crippen LogP contribution in [0.3, 0.4) is 0 Å². The van der Waals surface area contributed by atoms with Crippen LogP contribution < -0.4 is 10.6 Å². The highest BCUT2D eigenvalue weighted by Gasteiger charge is 2.36. The summed E-state index contributed by atoms with van der Waals surface area (Å²) in [4.78, 5) is 27.1. The second-order valence-corrected chi connectivity index (χ2v) is 6.98. The molecular formula is C18H11Cl2F3N4O3. The lowest BCUT2D eigenvalue weighted by Gasteiger charge is -2.22. The highest BCUT2D eigenvalue weighted by Crippen LogP contribution is 2.35. The van der Waals surface area contributed by atoms with Gasteiger partial charge in [0, 0.05) is 6.20 Å². The minimum absolute atomic E-state index is 0.0719. The largest absolute Gasteiger partial charge is 0.434 e. The molecule has 3 rings (SSSR count). The summed E-state index contributed by atoms with van der Waals surface area (Å²) >= 11 is 11.8. The lowest BCUT2D eigenvalue weighted by Crippen LogP contribution is -2.39. The summed E-state index contributed by atoms with van der Waals surface area (Å²) in [5, 5.41) is 13.4. The van der Waals surface area contributed by atoms with E-state index in [-0.39, 0.29) is 22.7 Å². The van der Waals surface area contributed by atoms with Crippen LogP contribution in [-0.4, -0.2) is 29.6 Å². The molecule has 0 saturated carbocycles. The predicted octanol–water partition coefficient (Wildman–Crippen LogP) is 3.59. The van der Waals surface area contributed by atoms with Gasteiger partial charge in [0.1, 0.15) is 6.07 Å². The van der Waals surface area contributed by atoms with Gasteiger partial charge in [0.05, 0.1) is 28.2 Å². The van der Waals surface area contributed by atoms with Crippen molar-refractivity contribution in [3.05, 3.63) is 62.9 Å².